The second-order valence-electron chi connectivity index (χ2n) is 9.22. The zero-order valence-electron chi connectivity index (χ0n) is 19.3. The summed E-state index contributed by atoms with van der Waals surface area (Å²) in [6.07, 6.45) is -3.33. The highest BCUT2D eigenvalue weighted by atomic mass is 19.4. The van der Waals surface area contributed by atoms with E-state index in [1.54, 1.807) is 0 Å². The topological polar surface area (TPSA) is 9.23 Å². The largest absolute Gasteiger partial charge is 0.429 e. The van der Waals surface area contributed by atoms with Crippen LogP contribution in [0, 0.1) is 23.5 Å². The summed E-state index contributed by atoms with van der Waals surface area (Å²) in [7, 11) is 0. The Kier molecular flexibility index (Phi) is 8.70. The molecule has 2 aromatic rings. The van der Waals surface area contributed by atoms with Gasteiger partial charge in [-0.3, -0.25) is 0 Å². The van der Waals surface area contributed by atoms with Crippen molar-refractivity contribution in [2.75, 3.05) is 0 Å². The van der Waals surface area contributed by atoms with Crippen molar-refractivity contribution < 1.29 is 39.9 Å². The Labute approximate surface area is 199 Å². The number of hydrogen-bond acceptors (Lipinski definition) is 1. The maximum Gasteiger partial charge on any atom is 0.426 e. The molecular weight excluding hydrogens is 480 g/mol. The van der Waals surface area contributed by atoms with Crippen LogP contribution in [0.2, 0.25) is 0 Å². The second kappa shape index (κ2) is 11.2. The van der Waals surface area contributed by atoms with Gasteiger partial charge in [-0.1, -0.05) is 51.2 Å². The first-order valence-corrected chi connectivity index (χ1v) is 11.8. The molecule has 0 N–H and O–H groups in total. The molecule has 1 aliphatic rings. The molecule has 194 valence electrons. The van der Waals surface area contributed by atoms with E-state index in [0.717, 1.165) is 44.2 Å². The van der Waals surface area contributed by atoms with Gasteiger partial charge < -0.3 is 4.74 Å². The van der Waals surface area contributed by atoms with Gasteiger partial charge in [-0.15, -0.1) is 0 Å². The fraction of sp³-hybridized carbons (Fsp3) is 0.538. The molecular formula is C26H28F8O. The van der Waals surface area contributed by atoms with Gasteiger partial charge in [0.15, 0.2) is 0 Å². The minimum absolute atomic E-state index is 0.0544. The quantitative estimate of drug-likeness (QED) is 0.307. The van der Waals surface area contributed by atoms with E-state index < -0.39 is 47.0 Å². The van der Waals surface area contributed by atoms with Crippen LogP contribution >= 0.6 is 0 Å². The lowest BCUT2D eigenvalue weighted by atomic mass is 9.77. The number of ether oxygens (including phenoxy) is 1. The lowest BCUT2D eigenvalue weighted by molar-refractivity contribution is -0.185. The van der Waals surface area contributed by atoms with Gasteiger partial charge in [0.2, 0.25) is 0 Å². The Bertz CT molecular complexity index is 939. The molecule has 1 atom stereocenters. The van der Waals surface area contributed by atoms with Gasteiger partial charge in [0.1, 0.15) is 29.1 Å². The van der Waals surface area contributed by atoms with Crippen LogP contribution < -0.4 is 4.74 Å². The van der Waals surface area contributed by atoms with Crippen molar-refractivity contribution in [3.63, 3.8) is 0 Å². The molecule has 0 spiro atoms. The zero-order valence-corrected chi connectivity index (χ0v) is 19.3. The smallest absolute Gasteiger partial charge is 0.426 e. The second-order valence-corrected chi connectivity index (χ2v) is 9.22. The summed E-state index contributed by atoms with van der Waals surface area (Å²) in [5.74, 6) is -4.65. The first-order chi connectivity index (χ1) is 16.4. The number of hydrogen-bond donors (Lipinski definition) is 0. The van der Waals surface area contributed by atoms with E-state index in [9.17, 15) is 35.1 Å². The molecule has 0 saturated heterocycles. The Morgan fingerprint density at radius 2 is 1.49 bits per heavy atom. The normalized spacial score (nSPS) is 20.0. The molecule has 0 heterocycles. The number of halogens is 8. The molecule has 2 aromatic carbocycles. The molecule has 1 unspecified atom stereocenters. The highest BCUT2D eigenvalue weighted by Gasteiger charge is 2.40. The van der Waals surface area contributed by atoms with Gasteiger partial charge in [-0.2, -0.15) is 22.0 Å². The number of rotatable bonds is 9. The first kappa shape index (κ1) is 27.3. The molecule has 0 amide bonds. The van der Waals surface area contributed by atoms with Gasteiger partial charge in [-0.25, -0.2) is 13.2 Å². The average Bonchev–Trinajstić information content (AvgIpc) is 2.76. The zero-order chi connectivity index (χ0) is 25.8. The Hall–Kier alpha value is -2.32. The number of alkyl halides is 6. The van der Waals surface area contributed by atoms with Crippen LogP contribution in [0.3, 0.4) is 0 Å². The van der Waals surface area contributed by atoms with Crippen LogP contribution in [-0.2, 0) is 18.7 Å². The molecule has 9 heteroatoms. The van der Waals surface area contributed by atoms with Crippen LogP contribution in [0.15, 0.2) is 36.4 Å². The van der Waals surface area contributed by atoms with E-state index in [1.807, 2.05) is 0 Å². The van der Waals surface area contributed by atoms with Crippen molar-refractivity contribution in [3.8, 4) is 5.75 Å². The molecule has 1 saturated carbocycles. The minimum Gasteiger partial charge on any atom is -0.429 e. The Morgan fingerprint density at radius 1 is 0.914 bits per heavy atom. The standard InChI is InChI=1S/C26H28F8O/c1-2-3-4-16-5-9-18(10-6-16)21(27)13-17-7-11-19(12-8-17)26(33,34)35-20-14-22(28)24(23(29)15-20)25(30,31)32/h7-8,11-12,14-16,18,21H,2-6,9-10,13H2,1H3. The molecule has 1 aliphatic carbocycles. The van der Waals surface area contributed by atoms with Crippen LogP contribution in [0.5, 0.6) is 5.75 Å². The van der Waals surface area contributed by atoms with Crippen LogP contribution in [0.4, 0.5) is 35.1 Å². The lowest BCUT2D eigenvalue weighted by Gasteiger charge is -2.30. The predicted octanol–water partition coefficient (Wildman–Crippen LogP) is 8.99. The average molecular weight is 508 g/mol. The summed E-state index contributed by atoms with van der Waals surface area (Å²) in [4.78, 5) is 0. The van der Waals surface area contributed by atoms with Crippen LogP contribution in [-0.4, -0.2) is 6.17 Å². The highest BCUT2D eigenvalue weighted by molar-refractivity contribution is 5.33. The van der Waals surface area contributed by atoms with E-state index in [4.69, 9.17) is 0 Å². The van der Waals surface area contributed by atoms with Gasteiger partial charge in [0.05, 0.1) is 5.56 Å². The van der Waals surface area contributed by atoms with Crippen LogP contribution in [0.25, 0.3) is 0 Å². The van der Waals surface area contributed by atoms with Crippen molar-refractivity contribution in [3.05, 3.63) is 64.7 Å². The third kappa shape index (κ3) is 7.10. The van der Waals surface area contributed by atoms with Crippen LogP contribution in [0.1, 0.15) is 68.6 Å². The summed E-state index contributed by atoms with van der Waals surface area (Å²) < 4.78 is 113. The summed E-state index contributed by atoms with van der Waals surface area (Å²) in [6, 6.07) is 4.75. The third-order valence-electron chi connectivity index (χ3n) is 6.63. The SMILES string of the molecule is CCCCC1CCC(C(F)Cc2ccc(C(F)(F)Oc3cc(F)c(C(F)(F)F)c(F)c3)cc2)CC1. The predicted molar refractivity (Wildman–Crippen MR) is 116 cm³/mol. The molecule has 0 aliphatic heterocycles. The first-order valence-electron chi connectivity index (χ1n) is 11.8. The van der Waals surface area contributed by atoms with Crippen molar-refractivity contribution in [1.82, 2.24) is 0 Å². The summed E-state index contributed by atoms with van der Waals surface area (Å²) in [6.45, 7) is 2.14. The third-order valence-corrected chi connectivity index (χ3v) is 6.63. The van der Waals surface area contributed by atoms with Gasteiger partial charge in [-0.05, 0) is 42.4 Å². The van der Waals surface area contributed by atoms with Crippen molar-refractivity contribution in [1.29, 1.82) is 0 Å². The van der Waals surface area contributed by atoms with Crippen molar-refractivity contribution in [2.45, 2.75) is 76.7 Å². The fourth-order valence-corrected chi connectivity index (χ4v) is 4.64. The van der Waals surface area contributed by atoms with Crippen molar-refractivity contribution >= 4 is 0 Å². The maximum atomic E-state index is 14.8. The summed E-state index contributed by atoms with van der Waals surface area (Å²) in [5.41, 5.74) is -2.36. The maximum absolute atomic E-state index is 14.8. The lowest BCUT2D eigenvalue weighted by Crippen LogP contribution is -2.25. The molecule has 3 rings (SSSR count). The molecule has 0 bridgehead atoms. The molecule has 0 radical (unpaired) electrons. The van der Waals surface area contributed by atoms with E-state index >= 15 is 0 Å². The van der Waals surface area contributed by atoms with E-state index in [2.05, 4.69) is 11.7 Å². The summed E-state index contributed by atoms with van der Waals surface area (Å²) >= 11 is 0. The Morgan fingerprint density at radius 3 is 2.00 bits per heavy atom. The minimum atomic E-state index is -5.33. The monoisotopic (exact) mass is 508 g/mol. The molecule has 0 aromatic heterocycles. The van der Waals surface area contributed by atoms with Gasteiger partial charge in [0.25, 0.3) is 0 Å². The van der Waals surface area contributed by atoms with Gasteiger partial charge in [0, 0.05) is 18.6 Å². The number of benzene rings is 2. The summed E-state index contributed by atoms with van der Waals surface area (Å²) in [5, 5.41) is 0. The Balaban J connectivity index is 1.61. The highest BCUT2D eigenvalue weighted by Crippen LogP contribution is 2.39. The van der Waals surface area contributed by atoms with E-state index in [0.29, 0.717) is 11.5 Å². The van der Waals surface area contributed by atoms with Gasteiger partial charge >= 0.3 is 12.3 Å². The van der Waals surface area contributed by atoms with E-state index in [1.165, 1.54) is 25.0 Å². The molecule has 35 heavy (non-hydrogen) atoms. The van der Waals surface area contributed by atoms with Crippen molar-refractivity contribution in [2.24, 2.45) is 11.8 Å². The fourth-order valence-electron chi connectivity index (χ4n) is 4.64. The molecule has 1 nitrogen and oxygen atoms in total. The number of unbranched alkanes of at least 4 members (excludes halogenated alkanes) is 1. The van der Waals surface area contributed by atoms with E-state index in [-0.39, 0.29) is 24.5 Å². The molecule has 1 fully saturated rings.